The molecule has 6 aromatic rings. The van der Waals surface area contributed by atoms with Gasteiger partial charge in [0.25, 0.3) is 0 Å². The fraction of sp³-hybridized carbons (Fsp3) is 0.300. The number of nitrogens with one attached hydrogen (secondary N) is 1. The van der Waals surface area contributed by atoms with E-state index < -0.39 is 5.97 Å². The number of morpholine rings is 1. The van der Waals surface area contributed by atoms with Gasteiger partial charge in [0.2, 0.25) is 0 Å². The molecule has 0 unspecified atom stereocenters. The number of hydrogen-bond donors (Lipinski definition) is 2. The first-order valence-electron chi connectivity index (χ1n) is 17.3. The Morgan fingerprint density at radius 3 is 2.43 bits per heavy atom. The number of benzene rings is 4. The summed E-state index contributed by atoms with van der Waals surface area (Å²) in [5.74, 6) is -0.0493. The summed E-state index contributed by atoms with van der Waals surface area (Å²) in [6.45, 7) is 7.85. The number of ether oxygens (including phenoxy) is 2. The maximum Gasteiger partial charge on any atom is 0.352 e. The molecule has 1 saturated heterocycles. The van der Waals surface area contributed by atoms with E-state index >= 15 is 0 Å². The maximum atomic E-state index is 13.1. The fourth-order valence-corrected chi connectivity index (χ4v) is 7.70. The Balaban J connectivity index is 1.11. The van der Waals surface area contributed by atoms with Gasteiger partial charge in [0.05, 0.1) is 37.6 Å². The van der Waals surface area contributed by atoms with Crippen LogP contribution in [0.2, 0.25) is 0 Å². The van der Waals surface area contributed by atoms with Crippen LogP contribution >= 0.6 is 0 Å². The number of para-hydroxylation sites is 1. The lowest BCUT2D eigenvalue weighted by Gasteiger charge is -2.30. The van der Waals surface area contributed by atoms with Crippen molar-refractivity contribution in [1.82, 2.24) is 14.8 Å². The number of carbonyl (C=O) groups is 1. The number of aromatic amines is 1. The number of aromatic nitrogens is 3. The summed E-state index contributed by atoms with van der Waals surface area (Å²) in [4.78, 5) is 17.8. The van der Waals surface area contributed by atoms with Crippen LogP contribution in [0.15, 0.2) is 84.9 Å². The molecule has 9 heteroatoms. The minimum absolute atomic E-state index is 0.372. The van der Waals surface area contributed by atoms with E-state index in [4.69, 9.17) is 14.6 Å². The second-order valence-electron chi connectivity index (χ2n) is 13.0. The SMILES string of the molecule is Cc1[nH]nc2c1-c1cccc3c(CCCOc4cccc5ccccc45)c(C(=O)O)n(c13)CCCN(c1ccc(N3CCOCC3)cc1)C2. The summed E-state index contributed by atoms with van der Waals surface area (Å²) in [5, 5.41) is 22.0. The van der Waals surface area contributed by atoms with Crippen molar-refractivity contribution in [2.45, 2.75) is 39.3 Å². The molecule has 0 atom stereocenters. The molecule has 1 fully saturated rings. The zero-order valence-electron chi connectivity index (χ0n) is 27.8. The first-order valence-corrected chi connectivity index (χ1v) is 17.3. The van der Waals surface area contributed by atoms with Gasteiger partial charge < -0.3 is 28.9 Å². The van der Waals surface area contributed by atoms with Crippen LogP contribution in [0.25, 0.3) is 32.8 Å². The number of anilines is 2. The van der Waals surface area contributed by atoms with E-state index in [1.165, 1.54) is 5.69 Å². The number of fused-ring (bicyclic) bond motifs is 3. The van der Waals surface area contributed by atoms with E-state index in [-0.39, 0.29) is 0 Å². The summed E-state index contributed by atoms with van der Waals surface area (Å²) in [5.41, 5.74) is 8.53. The number of aryl methyl sites for hydroxylation is 3. The van der Waals surface area contributed by atoms with E-state index in [1.54, 1.807) is 0 Å². The third kappa shape index (κ3) is 5.88. The molecule has 4 aromatic carbocycles. The summed E-state index contributed by atoms with van der Waals surface area (Å²) in [7, 11) is 0. The van der Waals surface area contributed by atoms with Crippen molar-refractivity contribution >= 4 is 39.0 Å². The Morgan fingerprint density at radius 2 is 1.61 bits per heavy atom. The lowest BCUT2D eigenvalue weighted by Crippen LogP contribution is -2.36. The number of H-pyrrole nitrogens is 1. The van der Waals surface area contributed by atoms with Crippen molar-refractivity contribution in [3.8, 4) is 16.9 Å². The number of hydrogen-bond acceptors (Lipinski definition) is 6. The fourth-order valence-electron chi connectivity index (χ4n) is 7.70. The van der Waals surface area contributed by atoms with Gasteiger partial charge in [-0.1, -0.05) is 54.6 Å². The molecular weight excluding hydrogens is 614 g/mol. The van der Waals surface area contributed by atoms with Gasteiger partial charge in [-0.3, -0.25) is 5.10 Å². The van der Waals surface area contributed by atoms with Gasteiger partial charge in [-0.15, -0.1) is 0 Å². The Labute approximate surface area is 285 Å². The average Bonchev–Trinajstić information content (AvgIpc) is 3.66. The highest BCUT2D eigenvalue weighted by molar-refractivity contribution is 6.04. The summed E-state index contributed by atoms with van der Waals surface area (Å²) < 4.78 is 13.9. The molecule has 2 N–H and O–H groups in total. The minimum Gasteiger partial charge on any atom is -0.493 e. The van der Waals surface area contributed by atoms with Gasteiger partial charge in [-0.05, 0) is 67.5 Å². The highest BCUT2D eigenvalue weighted by atomic mass is 16.5. The van der Waals surface area contributed by atoms with Crippen LogP contribution < -0.4 is 14.5 Å². The smallest absolute Gasteiger partial charge is 0.352 e. The zero-order chi connectivity index (χ0) is 33.3. The number of aromatic carboxylic acids is 1. The zero-order valence-corrected chi connectivity index (χ0v) is 27.8. The molecular formula is C40H41N5O4. The highest BCUT2D eigenvalue weighted by Crippen LogP contribution is 2.39. The van der Waals surface area contributed by atoms with Crippen LogP contribution in [0.4, 0.5) is 11.4 Å². The number of carboxylic acid groups (broad SMARTS) is 1. The maximum absolute atomic E-state index is 13.1. The monoisotopic (exact) mass is 655 g/mol. The second-order valence-corrected chi connectivity index (χ2v) is 13.0. The summed E-state index contributed by atoms with van der Waals surface area (Å²) in [6, 6.07) is 29.3. The molecule has 9 nitrogen and oxygen atoms in total. The van der Waals surface area contributed by atoms with Crippen LogP contribution in [0.5, 0.6) is 5.75 Å². The Hall–Kier alpha value is -5.28. The number of carboxylic acids is 1. The summed E-state index contributed by atoms with van der Waals surface area (Å²) in [6.07, 6.45) is 2.07. The normalized spacial score (nSPS) is 15.0. The van der Waals surface area contributed by atoms with Crippen molar-refractivity contribution in [2.24, 2.45) is 0 Å². The van der Waals surface area contributed by atoms with Crippen molar-refractivity contribution in [3.05, 3.63) is 108 Å². The van der Waals surface area contributed by atoms with Gasteiger partial charge in [-0.25, -0.2) is 4.79 Å². The molecule has 0 bridgehead atoms. The van der Waals surface area contributed by atoms with Crippen LogP contribution in [-0.4, -0.2) is 65.3 Å². The van der Waals surface area contributed by atoms with Crippen molar-refractivity contribution < 1.29 is 19.4 Å². The molecule has 2 aliphatic heterocycles. The average molecular weight is 656 g/mol. The molecule has 0 amide bonds. The Morgan fingerprint density at radius 1 is 0.878 bits per heavy atom. The first kappa shape index (κ1) is 31.0. The standard InChI is InChI=1S/C40H41N5O4/c1-27-37-34-12-5-11-32-33(13-6-23-49-36-14-4-9-28-8-2-3-10-31(28)36)39(40(46)47)45(38(32)34)20-7-19-44(26-35(37)42-41-27)30-17-15-29(16-18-30)43-21-24-48-25-22-43/h2-5,8-12,14-18H,6-7,13,19-26H2,1H3,(H,41,42)(H,46,47). The van der Waals surface area contributed by atoms with E-state index in [1.807, 2.05) is 30.3 Å². The Kier molecular flexibility index (Phi) is 8.43. The second kappa shape index (κ2) is 13.3. The molecule has 0 aliphatic carbocycles. The third-order valence-corrected chi connectivity index (χ3v) is 10.0. The van der Waals surface area contributed by atoms with Crippen LogP contribution in [-0.2, 0) is 24.2 Å². The summed E-state index contributed by atoms with van der Waals surface area (Å²) >= 11 is 0. The van der Waals surface area contributed by atoms with Gasteiger partial charge in [-0.2, -0.15) is 5.10 Å². The predicted molar refractivity (Wildman–Crippen MR) is 194 cm³/mol. The highest BCUT2D eigenvalue weighted by Gasteiger charge is 2.28. The molecule has 8 rings (SSSR count). The molecule has 250 valence electrons. The van der Waals surface area contributed by atoms with Gasteiger partial charge in [0.15, 0.2) is 0 Å². The van der Waals surface area contributed by atoms with Gasteiger partial charge in [0.1, 0.15) is 11.4 Å². The molecule has 0 spiro atoms. The third-order valence-electron chi connectivity index (χ3n) is 10.0. The first-order chi connectivity index (χ1) is 24.1. The Bertz CT molecular complexity index is 2120. The predicted octanol–water partition coefficient (Wildman–Crippen LogP) is 7.45. The van der Waals surface area contributed by atoms with E-state index in [0.29, 0.717) is 38.2 Å². The number of rotatable bonds is 8. The largest absolute Gasteiger partial charge is 0.493 e. The van der Waals surface area contributed by atoms with Crippen molar-refractivity contribution in [2.75, 3.05) is 49.3 Å². The molecule has 49 heavy (non-hydrogen) atoms. The quantitative estimate of drug-likeness (QED) is 0.165. The molecule has 0 saturated carbocycles. The lowest BCUT2D eigenvalue weighted by molar-refractivity contribution is 0.0684. The van der Waals surface area contributed by atoms with Crippen LogP contribution in [0.3, 0.4) is 0 Å². The van der Waals surface area contributed by atoms with Crippen molar-refractivity contribution in [3.63, 3.8) is 0 Å². The molecule has 2 aliphatic rings. The van der Waals surface area contributed by atoms with E-state index in [2.05, 4.69) is 81.0 Å². The lowest BCUT2D eigenvalue weighted by atomic mass is 9.98. The minimum atomic E-state index is -0.899. The van der Waals surface area contributed by atoms with Crippen molar-refractivity contribution in [1.29, 1.82) is 0 Å². The van der Waals surface area contributed by atoms with E-state index in [9.17, 15) is 9.90 Å². The van der Waals surface area contributed by atoms with Gasteiger partial charge >= 0.3 is 5.97 Å². The molecule has 4 heterocycles. The number of nitrogens with zero attached hydrogens (tertiary/aromatic N) is 4. The van der Waals surface area contributed by atoms with Gasteiger partial charge in [0, 0.05) is 65.1 Å². The van der Waals surface area contributed by atoms with Crippen LogP contribution in [0, 0.1) is 6.92 Å². The molecule has 2 aromatic heterocycles. The molecule has 0 radical (unpaired) electrons. The van der Waals surface area contributed by atoms with Crippen LogP contribution in [0.1, 0.15) is 40.3 Å². The topological polar surface area (TPSA) is 95.8 Å². The van der Waals surface area contributed by atoms with E-state index in [0.717, 1.165) is 100 Å².